The average molecular weight is 501 g/mol. The molecular formula is C23H25BrN4O4. The summed E-state index contributed by atoms with van der Waals surface area (Å²) in [5.41, 5.74) is 3.08. The molecule has 0 saturated carbocycles. The van der Waals surface area contributed by atoms with Gasteiger partial charge in [-0.3, -0.25) is 14.8 Å². The molecule has 4 rings (SSSR count). The maximum Gasteiger partial charge on any atom is 0.305 e. The molecule has 0 spiro atoms. The summed E-state index contributed by atoms with van der Waals surface area (Å²) in [4.78, 5) is 26.4. The first-order chi connectivity index (χ1) is 15.5. The number of benzene rings is 1. The molecule has 1 aromatic carbocycles. The highest BCUT2D eigenvalue weighted by Gasteiger charge is 2.33. The molecule has 0 radical (unpaired) electrons. The third-order valence-corrected chi connectivity index (χ3v) is 5.79. The third-order valence-electron chi connectivity index (χ3n) is 5.30. The van der Waals surface area contributed by atoms with Gasteiger partial charge in [0.15, 0.2) is 5.79 Å². The summed E-state index contributed by atoms with van der Waals surface area (Å²) in [7, 11) is 1.38. The van der Waals surface area contributed by atoms with Crippen LogP contribution in [0.2, 0.25) is 0 Å². The molecule has 32 heavy (non-hydrogen) atoms. The van der Waals surface area contributed by atoms with Crippen LogP contribution in [-0.2, 0) is 19.0 Å². The Bertz CT molecular complexity index is 1040. The molecule has 0 amide bonds. The topological polar surface area (TPSA) is 94.4 Å². The van der Waals surface area contributed by atoms with E-state index in [0.717, 1.165) is 27.1 Å². The molecule has 1 fully saturated rings. The van der Waals surface area contributed by atoms with Crippen LogP contribution in [0.5, 0.6) is 0 Å². The lowest BCUT2D eigenvalue weighted by Crippen LogP contribution is -2.44. The maximum atomic E-state index is 11.9. The number of carbonyl (C=O) groups is 1. The van der Waals surface area contributed by atoms with Gasteiger partial charge in [0.25, 0.3) is 0 Å². The zero-order valence-electron chi connectivity index (χ0n) is 18.0. The van der Waals surface area contributed by atoms with Crippen molar-refractivity contribution in [1.29, 1.82) is 0 Å². The predicted octanol–water partition coefficient (Wildman–Crippen LogP) is 3.40. The number of methoxy groups -OCH3 is 1. The van der Waals surface area contributed by atoms with E-state index in [9.17, 15) is 4.79 Å². The maximum absolute atomic E-state index is 11.9. The third kappa shape index (κ3) is 5.23. The normalized spacial score (nSPS) is 19.4. The molecule has 2 aliphatic rings. The van der Waals surface area contributed by atoms with Gasteiger partial charge in [-0.2, -0.15) is 0 Å². The minimum atomic E-state index is -0.738. The molecule has 3 heterocycles. The molecule has 0 bridgehead atoms. The number of pyridine rings is 1. The molecule has 9 heteroatoms. The van der Waals surface area contributed by atoms with Gasteiger partial charge in [-0.25, -0.2) is 4.99 Å². The molecular weight excluding hydrogens is 476 g/mol. The number of carbonyl (C=O) groups excluding carboxylic acids is 1. The molecule has 0 unspecified atom stereocenters. The number of amidine groups is 1. The lowest BCUT2D eigenvalue weighted by Gasteiger charge is -2.25. The molecule has 8 nitrogen and oxygen atoms in total. The standard InChI is InChI=1S/C23H25BrN4O4/c1-23(31-11-12-32-23)14-26-22-19(8-9-20(29)30-2)27-21(18-5-3-4-10-25-18)16-13-15(24)6-7-17(16)28-22/h3-7,10,13,19H,8-9,11-12,14H2,1-2H3,(H,26,28)/t19-/m0/s1. The number of hydrogen-bond acceptors (Lipinski definition) is 8. The van der Waals surface area contributed by atoms with E-state index in [0.29, 0.717) is 32.0 Å². The summed E-state index contributed by atoms with van der Waals surface area (Å²) >= 11 is 3.55. The first-order valence-corrected chi connectivity index (χ1v) is 11.2. The molecule has 2 aliphatic heterocycles. The summed E-state index contributed by atoms with van der Waals surface area (Å²) in [6, 6.07) is 11.2. The Labute approximate surface area is 195 Å². The quantitative estimate of drug-likeness (QED) is 0.610. The average Bonchev–Trinajstić information content (AvgIpc) is 3.18. The van der Waals surface area contributed by atoms with Gasteiger partial charge in [0, 0.05) is 22.7 Å². The number of aliphatic imine (C=N–C) groups is 2. The Morgan fingerprint density at radius 2 is 2.09 bits per heavy atom. The summed E-state index contributed by atoms with van der Waals surface area (Å²) in [5, 5.41) is 3.37. The van der Waals surface area contributed by atoms with E-state index in [1.54, 1.807) is 6.20 Å². The first-order valence-electron chi connectivity index (χ1n) is 10.4. The SMILES string of the molecule is COC(=O)CC[C@@H]1N=C(c2ccccn2)c2cc(Br)ccc2N=C1NCC1(C)OCCO1. The smallest absolute Gasteiger partial charge is 0.305 e. The van der Waals surface area contributed by atoms with Gasteiger partial charge in [0.1, 0.15) is 11.9 Å². The molecule has 1 atom stereocenters. The van der Waals surface area contributed by atoms with Crippen molar-refractivity contribution in [2.75, 3.05) is 26.9 Å². The van der Waals surface area contributed by atoms with Crippen molar-refractivity contribution in [3.63, 3.8) is 0 Å². The number of fused-ring (bicyclic) bond motifs is 1. The zero-order valence-corrected chi connectivity index (χ0v) is 19.6. The van der Waals surface area contributed by atoms with Crippen LogP contribution in [0, 0.1) is 0 Å². The highest BCUT2D eigenvalue weighted by Crippen LogP contribution is 2.30. The van der Waals surface area contributed by atoms with Crippen LogP contribution < -0.4 is 5.32 Å². The predicted molar refractivity (Wildman–Crippen MR) is 124 cm³/mol. The second-order valence-corrected chi connectivity index (χ2v) is 8.58. The van der Waals surface area contributed by atoms with Crippen molar-refractivity contribution >= 4 is 39.1 Å². The molecule has 0 aliphatic carbocycles. The summed E-state index contributed by atoms with van der Waals surface area (Å²) in [5.74, 6) is -0.390. The summed E-state index contributed by atoms with van der Waals surface area (Å²) in [6.45, 7) is 3.40. The highest BCUT2D eigenvalue weighted by molar-refractivity contribution is 9.10. The Morgan fingerprint density at radius 3 is 2.81 bits per heavy atom. The highest BCUT2D eigenvalue weighted by atomic mass is 79.9. The van der Waals surface area contributed by atoms with Crippen molar-refractivity contribution in [2.45, 2.75) is 31.6 Å². The van der Waals surface area contributed by atoms with Gasteiger partial charge >= 0.3 is 5.97 Å². The fourth-order valence-electron chi connectivity index (χ4n) is 3.62. The van der Waals surface area contributed by atoms with Gasteiger partial charge < -0.3 is 19.5 Å². The van der Waals surface area contributed by atoms with Crippen LogP contribution in [0.4, 0.5) is 5.69 Å². The Morgan fingerprint density at radius 1 is 1.28 bits per heavy atom. The minimum Gasteiger partial charge on any atom is -0.469 e. The van der Waals surface area contributed by atoms with Gasteiger partial charge in [-0.1, -0.05) is 22.0 Å². The Kier molecular flexibility index (Phi) is 6.98. The summed E-state index contributed by atoms with van der Waals surface area (Å²) < 4.78 is 17.2. The van der Waals surface area contributed by atoms with E-state index in [2.05, 4.69) is 26.2 Å². The fraction of sp³-hybridized carbons (Fsp3) is 0.391. The fourth-order valence-corrected chi connectivity index (χ4v) is 3.98. The van der Waals surface area contributed by atoms with Crippen LogP contribution in [0.3, 0.4) is 0 Å². The van der Waals surface area contributed by atoms with Gasteiger partial charge in [0.2, 0.25) is 0 Å². The molecule has 2 aromatic rings. The van der Waals surface area contributed by atoms with Gasteiger partial charge in [-0.05, 0) is 43.7 Å². The van der Waals surface area contributed by atoms with Gasteiger partial charge in [-0.15, -0.1) is 0 Å². The van der Waals surface area contributed by atoms with E-state index in [-0.39, 0.29) is 12.4 Å². The van der Waals surface area contributed by atoms with E-state index >= 15 is 0 Å². The second-order valence-electron chi connectivity index (χ2n) is 7.67. The van der Waals surface area contributed by atoms with Crippen molar-refractivity contribution in [2.24, 2.45) is 9.98 Å². The van der Waals surface area contributed by atoms with Crippen molar-refractivity contribution in [3.05, 3.63) is 58.3 Å². The lowest BCUT2D eigenvalue weighted by molar-refractivity contribution is -0.140. The number of rotatable bonds is 6. The number of hydrogen-bond donors (Lipinski definition) is 1. The molecule has 1 saturated heterocycles. The number of halogens is 1. The number of esters is 1. The molecule has 1 aromatic heterocycles. The largest absolute Gasteiger partial charge is 0.469 e. The molecule has 1 N–H and O–H groups in total. The van der Waals surface area contributed by atoms with Crippen LogP contribution in [0.1, 0.15) is 31.0 Å². The van der Waals surface area contributed by atoms with Crippen LogP contribution in [0.15, 0.2) is 57.1 Å². The number of nitrogens with one attached hydrogen (secondary N) is 1. The van der Waals surface area contributed by atoms with Gasteiger partial charge in [0.05, 0.1) is 44.0 Å². The first kappa shape index (κ1) is 22.6. The number of nitrogens with zero attached hydrogens (tertiary/aromatic N) is 3. The van der Waals surface area contributed by atoms with Crippen LogP contribution >= 0.6 is 15.9 Å². The van der Waals surface area contributed by atoms with E-state index < -0.39 is 11.8 Å². The van der Waals surface area contributed by atoms with E-state index in [1.807, 2.05) is 43.3 Å². The van der Waals surface area contributed by atoms with Crippen LogP contribution in [-0.4, -0.2) is 61.2 Å². The lowest BCUT2D eigenvalue weighted by atomic mass is 10.0. The monoisotopic (exact) mass is 500 g/mol. The summed E-state index contributed by atoms with van der Waals surface area (Å²) in [6.07, 6.45) is 2.38. The number of ether oxygens (including phenoxy) is 3. The molecule has 168 valence electrons. The minimum absolute atomic E-state index is 0.213. The number of aromatic nitrogens is 1. The Hall–Kier alpha value is -2.62. The Balaban J connectivity index is 1.74. The van der Waals surface area contributed by atoms with Crippen molar-refractivity contribution in [3.8, 4) is 0 Å². The van der Waals surface area contributed by atoms with E-state index in [1.165, 1.54) is 7.11 Å². The van der Waals surface area contributed by atoms with Crippen molar-refractivity contribution in [1.82, 2.24) is 10.3 Å². The van der Waals surface area contributed by atoms with Crippen LogP contribution in [0.25, 0.3) is 0 Å². The second kappa shape index (κ2) is 9.89. The zero-order chi connectivity index (χ0) is 22.6. The van der Waals surface area contributed by atoms with E-state index in [4.69, 9.17) is 24.2 Å². The van der Waals surface area contributed by atoms with Crippen molar-refractivity contribution < 1.29 is 19.0 Å².